The molecule has 0 aliphatic rings. The Hall–Kier alpha value is -1.16. The van der Waals surface area contributed by atoms with Crippen LogP contribution >= 0.6 is 11.3 Å². The zero-order valence-electron chi connectivity index (χ0n) is 12.4. The molecule has 0 aliphatic carbocycles. The van der Waals surface area contributed by atoms with E-state index in [0.717, 1.165) is 32.7 Å². The van der Waals surface area contributed by atoms with Crippen LogP contribution in [0.2, 0.25) is 0 Å². The molecular formula is C17H24N2S. The molecule has 20 heavy (non-hydrogen) atoms. The highest BCUT2D eigenvalue weighted by molar-refractivity contribution is 7.09. The first kappa shape index (κ1) is 15.2. The van der Waals surface area contributed by atoms with Crippen LogP contribution in [0.25, 0.3) is 0 Å². The van der Waals surface area contributed by atoms with Crippen molar-refractivity contribution < 1.29 is 0 Å². The lowest BCUT2D eigenvalue weighted by atomic mass is 10.1. The average Bonchev–Trinajstić information content (AvgIpc) is 2.99. The zero-order valence-corrected chi connectivity index (χ0v) is 13.2. The van der Waals surface area contributed by atoms with Gasteiger partial charge in [-0.2, -0.15) is 0 Å². The van der Waals surface area contributed by atoms with E-state index in [2.05, 4.69) is 65.8 Å². The summed E-state index contributed by atoms with van der Waals surface area (Å²) in [4.78, 5) is 3.92. The number of rotatable bonds is 8. The fourth-order valence-corrected chi connectivity index (χ4v) is 2.94. The maximum Gasteiger partial charge on any atom is 0.0331 e. The van der Waals surface area contributed by atoms with Crippen molar-refractivity contribution in [3.8, 4) is 0 Å². The van der Waals surface area contributed by atoms with E-state index in [9.17, 15) is 0 Å². The summed E-state index contributed by atoms with van der Waals surface area (Å²) in [6.07, 6.45) is 0. The van der Waals surface area contributed by atoms with Gasteiger partial charge in [0.2, 0.25) is 0 Å². The Bertz CT molecular complexity index is 476. The highest BCUT2D eigenvalue weighted by Gasteiger charge is 2.05. The molecule has 1 aromatic carbocycles. The summed E-state index contributed by atoms with van der Waals surface area (Å²) in [5.41, 5.74) is 2.75. The smallest absolute Gasteiger partial charge is 0.0331 e. The van der Waals surface area contributed by atoms with Crippen molar-refractivity contribution in [1.82, 2.24) is 10.2 Å². The third-order valence-corrected chi connectivity index (χ3v) is 4.28. The Kier molecular flexibility index (Phi) is 6.25. The summed E-state index contributed by atoms with van der Waals surface area (Å²) in [6, 6.07) is 13.3. The van der Waals surface area contributed by atoms with Gasteiger partial charge >= 0.3 is 0 Å². The van der Waals surface area contributed by atoms with Gasteiger partial charge in [0.15, 0.2) is 0 Å². The first-order chi connectivity index (χ1) is 9.81. The van der Waals surface area contributed by atoms with Gasteiger partial charge < -0.3 is 5.32 Å². The molecule has 1 aromatic heterocycles. The lowest BCUT2D eigenvalue weighted by molar-refractivity contribution is 0.274. The first-order valence-corrected chi connectivity index (χ1v) is 8.23. The van der Waals surface area contributed by atoms with E-state index in [0.29, 0.717) is 0 Å². The predicted octanol–water partition coefficient (Wildman–Crippen LogP) is 3.88. The fourth-order valence-electron chi connectivity index (χ4n) is 2.19. The predicted molar refractivity (Wildman–Crippen MR) is 87.9 cm³/mol. The molecule has 0 amide bonds. The molecule has 0 atom stereocenters. The van der Waals surface area contributed by atoms with Gasteiger partial charge in [-0.05, 0) is 35.7 Å². The molecule has 0 unspecified atom stereocenters. The quantitative estimate of drug-likeness (QED) is 0.793. The van der Waals surface area contributed by atoms with Crippen LogP contribution in [0, 0.1) is 0 Å². The van der Waals surface area contributed by atoms with Gasteiger partial charge in [0.05, 0.1) is 0 Å². The number of hydrogen-bond donors (Lipinski definition) is 1. The largest absolute Gasteiger partial charge is 0.313 e. The van der Waals surface area contributed by atoms with Crippen molar-refractivity contribution in [2.75, 3.05) is 13.1 Å². The van der Waals surface area contributed by atoms with Crippen LogP contribution in [0.1, 0.15) is 29.9 Å². The number of benzene rings is 1. The Balaban J connectivity index is 1.90. The summed E-state index contributed by atoms with van der Waals surface area (Å²) < 4.78 is 0. The van der Waals surface area contributed by atoms with Crippen molar-refractivity contribution in [2.45, 2.75) is 33.5 Å². The molecule has 0 saturated carbocycles. The van der Waals surface area contributed by atoms with Crippen LogP contribution in [-0.2, 0) is 19.6 Å². The average molecular weight is 288 g/mol. The second-order valence-electron chi connectivity index (χ2n) is 4.98. The molecule has 0 spiro atoms. The van der Waals surface area contributed by atoms with Crippen LogP contribution in [0.15, 0.2) is 41.8 Å². The van der Waals surface area contributed by atoms with Crippen molar-refractivity contribution in [2.24, 2.45) is 0 Å². The number of hydrogen-bond acceptors (Lipinski definition) is 3. The van der Waals surface area contributed by atoms with Gasteiger partial charge in [-0.15, -0.1) is 11.3 Å². The van der Waals surface area contributed by atoms with E-state index in [1.807, 2.05) is 11.3 Å². The molecule has 0 radical (unpaired) electrons. The molecule has 1 heterocycles. The van der Waals surface area contributed by atoms with E-state index in [4.69, 9.17) is 0 Å². The highest BCUT2D eigenvalue weighted by atomic mass is 32.1. The van der Waals surface area contributed by atoms with Crippen LogP contribution in [0.4, 0.5) is 0 Å². The topological polar surface area (TPSA) is 15.3 Å². The molecular weight excluding hydrogens is 264 g/mol. The van der Waals surface area contributed by atoms with Gasteiger partial charge in [-0.25, -0.2) is 0 Å². The van der Waals surface area contributed by atoms with Crippen molar-refractivity contribution in [3.05, 3.63) is 57.8 Å². The van der Waals surface area contributed by atoms with E-state index < -0.39 is 0 Å². The molecule has 3 heteroatoms. The molecule has 2 nitrogen and oxygen atoms in total. The fraction of sp³-hybridized carbons (Fsp3) is 0.412. The molecule has 1 N–H and O–H groups in total. The normalized spacial score (nSPS) is 11.2. The van der Waals surface area contributed by atoms with Crippen LogP contribution < -0.4 is 5.32 Å². The molecule has 2 aromatic rings. The van der Waals surface area contributed by atoms with Gasteiger partial charge in [0, 0.05) is 24.5 Å². The Morgan fingerprint density at radius 2 is 1.75 bits per heavy atom. The highest BCUT2D eigenvalue weighted by Crippen LogP contribution is 2.14. The van der Waals surface area contributed by atoms with E-state index in [1.54, 1.807) is 0 Å². The molecule has 0 bridgehead atoms. The third-order valence-electron chi connectivity index (χ3n) is 3.42. The SMILES string of the molecule is CCNCc1ccc(CN(CC)Cc2cccs2)cc1. The van der Waals surface area contributed by atoms with Gasteiger partial charge in [0.25, 0.3) is 0 Å². The lowest BCUT2D eigenvalue weighted by Crippen LogP contribution is -2.21. The van der Waals surface area contributed by atoms with E-state index >= 15 is 0 Å². The molecule has 2 rings (SSSR count). The van der Waals surface area contributed by atoms with Crippen LogP contribution in [0.5, 0.6) is 0 Å². The van der Waals surface area contributed by atoms with Gasteiger partial charge in [0.1, 0.15) is 0 Å². The summed E-state index contributed by atoms with van der Waals surface area (Å²) in [5, 5.41) is 5.51. The summed E-state index contributed by atoms with van der Waals surface area (Å²) in [7, 11) is 0. The minimum Gasteiger partial charge on any atom is -0.313 e. The molecule has 0 saturated heterocycles. The lowest BCUT2D eigenvalue weighted by Gasteiger charge is -2.19. The second-order valence-corrected chi connectivity index (χ2v) is 6.01. The summed E-state index contributed by atoms with van der Waals surface area (Å²) >= 11 is 1.84. The standard InChI is InChI=1S/C17H24N2S/c1-3-18-12-15-7-9-16(10-8-15)13-19(4-2)14-17-6-5-11-20-17/h5-11,18H,3-4,12-14H2,1-2H3. The summed E-state index contributed by atoms with van der Waals surface area (Å²) in [6.45, 7) is 9.50. The molecule has 0 fully saturated rings. The zero-order chi connectivity index (χ0) is 14.2. The van der Waals surface area contributed by atoms with Gasteiger partial charge in [-0.3, -0.25) is 4.90 Å². The molecule has 108 valence electrons. The third kappa shape index (κ3) is 4.75. The van der Waals surface area contributed by atoms with Gasteiger partial charge in [-0.1, -0.05) is 44.2 Å². The van der Waals surface area contributed by atoms with Crippen LogP contribution in [-0.4, -0.2) is 18.0 Å². The monoisotopic (exact) mass is 288 g/mol. The Labute approximate surface area is 126 Å². The summed E-state index contributed by atoms with van der Waals surface area (Å²) in [5.74, 6) is 0. The number of nitrogens with zero attached hydrogens (tertiary/aromatic N) is 1. The van der Waals surface area contributed by atoms with Crippen molar-refractivity contribution >= 4 is 11.3 Å². The Morgan fingerprint density at radius 1 is 1.00 bits per heavy atom. The van der Waals surface area contributed by atoms with E-state index in [1.165, 1.54) is 16.0 Å². The Morgan fingerprint density at radius 3 is 2.35 bits per heavy atom. The number of thiophene rings is 1. The second kappa shape index (κ2) is 8.20. The minimum atomic E-state index is 0.962. The minimum absolute atomic E-state index is 0.962. The molecule has 0 aliphatic heterocycles. The van der Waals surface area contributed by atoms with Crippen LogP contribution in [0.3, 0.4) is 0 Å². The first-order valence-electron chi connectivity index (χ1n) is 7.35. The van der Waals surface area contributed by atoms with E-state index in [-0.39, 0.29) is 0 Å². The van der Waals surface area contributed by atoms with Crippen molar-refractivity contribution in [1.29, 1.82) is 0 Å². The number of nitrogens with one attached hydrogen (secondary N) is 1. The maximum absolute atomic E-state index is 3.36. The van der Waals surface area contributed by atoms with Crippen molar-refractivity contribution in [3.63, 3.8) is 0 Å². The maximum atomic E-state index is 3.36.